The highest BCUT2D eigenvalue weighted by Crippen LogP contribution is 2.14. The number of hydrogen-bond donors (Lipinski definition) is 2. The van der Waals surface area contributed by atoms with E-state index in [-0.39, 0.29) is 6.03 Å². The Kier molecular flexibility index (Phi) is 8.32. The Morgan fingerprint density at radius 2 is 1.90 bits per heavy atom. The molecule has 0 unspecified atom stereocenters. The van der Waals surface area contributed by atoms with Crippen LogP contribution >= 0.6 is 0 Å². The van der Waals surface area contributed by atoms with Crippen LogP contribution in [0.5, 0.6) is 0 Å². The molecule has 0 saturated heterocycles. The van der Waals surface area contributed by atoms with Gasteiger partial charge in [0.2, 0.25) is 0 Å². The Morgan fingerprint density at radius 3 is 2.57 bits per heavy atom. The highest BCUT2D eigenvalue weighted by molar-refractivity contribution is 5.73. The van der Waals surface area contributed by atoms with Gasteiger partial charge in [0, 0.05) is 31.9 Å². The van der Waals surface area contributed by atoms with Crippen LogP contribution in [0.4, 0.5) is 10.5 Å². The molecule has 0 spiro atoms. The molecule has 118 valence electrons. The molecule has 0 saturated carbocycles. The summed E-state index contributed by atoms with van der Waals surface area (Å²) in [5.41, 5.74) is 2.47. The van der Waals surface area contributed by atoms with Crippen molar-refractivity contribution in [2.45, 2.75) is 40.0 Å². The molecular formula is C17H29N3O. The lowest BCUT2D eigenvalue weighted by Gasteiger charge is -2.23. The van der Waals surface area contributed by atoms with E-state index >= 15 is 0 Å². The smallest absolute Gasteiger partial charge is 0.314 e. The summed E-state index contributed by atoms with van der Waals surface area (Å²) in [7, 11) is 0. The van der Waals surface area contributed by atoms with Crippen molar-refractivity contribution in [3.63, 3.8) is 0 Å². The molecule has 0 heterocycles. The molecule has 0 bridgehead atoms. The van der Waals surface area contributed by atoms with Crippen LogP contribution in [0.2, 0.25) is 0 Å². The molecule has 0 aromatic heterocycles. The Morgan fingerprint density at radius 1 is 1.14 bits per heavy atom. The predicted molar refractivity (Wildman–Crippen MR) is 90.0 cm³/mol. The Hall–Kier alpha value is -1.71. The lowest BCUT2D eigenvalue weighted by Crippen LogP contribution is -2.40. The van der Waals surface area contributed by atoms with Crippen LogP contribution in [-0.4, -0.2) is 32.2 Å². The van der Waals surface area contributed by atoms with Crippen LogP contribution in [0.15, 0.2) is 24.3 Å². The van der Waals surface area contributed by atoms with Gasteiger partial charge in [-0.25, -0.2) is 4.79 Å². The molecule has 0 atom stereocenters. The molecule has 1 rings (SSSR count). The van der Waals surface area contributed by atoms with Crippen LogP contribution in [0.1, 0.15) is 38.7 Å². The van der Waals surface area contributed by atoms with Crippen molar-refractivity contribution in [2.75, 3.05) is 31.1 Å². The third-order valence-electron chi connectivity index (χ3n) is 3.48. The van der Waals surface area contributed by atoms with Crippen molar-refractivity contribution >= 4 is 11.7 Å². The largest absolute Gasteiger partial charge is 0.370 e. The zero-order chi connectivity index (χ0) is 15.5. The van der Waals surface area contributed by atoms with Gasteiger partial charge in [0.05, 0.1) is 0 Å². The molecule has 0 aliphatic heterocycles. The van der Waals surface area contributed by atoms with E-state index in [0.29, 0.717) is 6.54 Å². The van der Waals surface area contributed by atoms with E-state index in [0.717, 1.165) is 32.5 Å². The SMILES string of the molecule is CCCCCNC(=O)NCCN(CC)c1cccc(C)c1. The van der Waals surface area contributed by atoms with Gasteiger partial charge < -0.3 is 15.5 Å². The maximum atomic E-state index is 11.6. The zero-order valence-electron chi connectivity index (χ0n) is 13.6. The number of hydrogen-bond acceptors (Lipinski definition) is 2. The summed E-state index contributed by atoms with van der Waals surface area (Å²) in [5.74, 6) is 0. The number of carbonyl (C=O) groups excluding carboxylic acids is 1. The second kappa shape index (κ2) is 10.1. The number of anilines is 1. The van der Waals surface area contributed by atoms with Crippen LogP contribution in [0, 0.1) is 6.92 Å². The summed E-state index contributed by atoms with van der Waals surface area (Å²) in [6.45, 7) is 9.55. The number of nitrogens with zero attached hydrogens (tertiary/aromatic N) is 1. The summed E-state index contributed by atoms with van der Waals surface area (Å²) in [6.07, 6.45) is 3.39. The fraction of sp³-hybridized carbons (Fsp3) is 0.588. The average molecular weight is 291 g/mol. The summed E-state index contributed by atoms with van der Waals surface area (Å²) in [5, 5.41) is 5.81. The Bertz CT molecular complexity index is 420. The lowest BCUT2D eigenvalue weighted by atomic mass is 10.2. The minimum atomic E-state index is -0.0635. The third-order valence-corrected chi connectivity index (χ3v) is 3.48. The maximum absolute atomic E-state index is 11.6. The zero-order valence-corrected chi connectivity index (χ0v) is 13.6. The number of carbonyl (C=O) groups is 1. The number of likely N-dealkylation sites (N-methyl/N-ethyl adjacent to an activating group) is 1. The minimum absolute atomic E-state index is 0.0635. The highest BCUT2D eigenvalue weighted by atomic mass is 16.2. The monoisotopic (exact) mass is 291 g/mol. The molecule has 21 heavy (non-hydrogen) atoms. The molecule has 1 aromatic carbocycles. The van der Waals surface area contributed by atoms with E-state index in [4.69, 9.17) is 0 Å². The summed E-state index contributed by atoms with van der Waals surface area (Å²) in [6, 6.07) is 8.39. The standard InChI is InChI=1S/C17H29N3O/c1-4-6-7-11-18-17(21)19-12-13-20(5-2)16-10-8-9-15(3)14-16/h8-10,14H,4-7,11-13H2,1-3H3,(H2,18,19,21). The fourth-order valence-corrected chi connectivity index (χ4v) is 2.24. The molecule has 2 amide bonds. The topological polar surface area (TPSA) is 44.4 Å². The van der Waals surface area contributed by atoms with Crippen molar-refractivity contribution in [3.05, 3.63) is 29.8 Å². The average Bonchev–Trinajstić information content (AvgIpc) is 2.48. The fourth-order valence-electron chi connectivity index (χ4n) is 2.24. The second-order valence-electron chi connectivity index (χ2n) is 5.31. The van der Waals surface area contributed by atoms with Crippen molar-refractivity contribution in [1.29, 1.82) is 0 Å². The van der Waals surface area contributed by atoms with Gasteiger partial charge in [-0.2, -0.15) is 0 Å². The van der Waals surface area contributed by atoms with Crippen molar-refractivity contribution < 1.29 is 4.79 Å². The van der Waals surface area contributed by atoms with E-state index in [9.17, 15) is 4.79 Å². The number of urea groups is 1. The first kappa shape index (κ1) is 17.3. The number of unbranched alkanes of at least 4 members (excludes halogenated alkanes) is 2. The van der Waals surface area contributed by atoms with Gasteiger partial charge in [-0.05, 0) is 38.0 Å². The van der Waals surface area contributed by atoms with Crippen molar-refractivity contribution in [1.82, 2.24) is 10.6 Å². The minimum Gasteiger partial charge on any atom is -0.370 e. The molecule has 1 aromatic rings. The number of aryl methyl sites for hydroxylation is 1. The van der Waals surface area contributed by atoms with Gasteiger partial charge in [-0.1, -0.05) is 31.9 Å². The number of rotatable bonds is 9. The van der Waals surface area contributed by atoms with Gasteiger partial charge in [-0.3, -0.25) is 0 Å². The predicted octanol–water partition coefficient (Wildman–Crippen LogP) is 3.31. The molecular weight excluding hydrogens is 262 g/mol. The van der Waals surface area contributed by atoms with Gasteiger partial charge >= 0.3 is 6.03 Å². The van der Waals surface area contributed by atoms with E-state index in [1.54, 1.807) is 0 Å². The molecule has 4 nitrogen and oxygen atoms in total. The van der Waals surface area contributed by atoms with Crippen LogP contribution in [0.25, 0.3) is 0 Å². The van der Waals surface area contributed by atoms with Gasteiger partial charge in [0.25, 0.3) is 0 Å². The second-order valence-corrected chi connectivity index (χ2v) is 5.31. The van der Waals surface area contributed by atoms with E-state index in [2.05, 4.69) is 60.6 Å². The summed E-state index contributed by atoms with van der Waals surface area (Å²) >= 11 is 0. The number of amides is 2. The van der Waals surface area contributed by atoms with E-state index < -0.39 is 0 Å². The first-order valence-electron chi connectivity index (χ1n) is 8.00. The van der Waals surface area contributed by atoms with Gasteiger partial charge in [0.15, 0.2) is 0 Å². The molecule has 0 aliphatic carbocycles. The van der Waals surface area contributed by atoms with Crippen molar-refractivity contribution in [2.24, 2.45) is 0 Å². The normalized spacial score (nSPS) is 10.2. The molecule has 4 heteroatoms. The Labute approximate surface area is 128 Å². The lowest BCUT2D eigenvalue weighted by molar-refractivity contribution is 0.241. The molecule has 0 radical (unpaired) electrons. The number of benzene rings is 1. The van der Waals surface area contributed by atoms with Gasteiger partial charge in [0.1, 0.15) is 0 Å². The van der Waals surface area contributed by atoms with Crippen LogP contribution < -0.4 is 15.5 Å². The number of nitrogens with one attached hydrogen (secondary N) is 2. The summed E-state index contributed by atoms with van der Waals surface area (Å²) < 4.78 is 0. The molecule has 2 N–H and O–H groups in total. The van der Waals surface area contributed by atoms with Crippen molar-refractivity contribution in [3.8, 4) is 0 Å². The summed E-state index contributed by atoms with van der Waals surface area (Å²) in [4.78, 5) is 13.9. The van der Waals surface area contributed by atoms with Gasteiger partial charge in [-0.15, -0.1) is 0 Å². The van der Waals surface area contributed by atoms with E-state index in [1.807, 2.05) is 0 Å². The van der Waals surface area contributed by atoms with Crippen LogP contribution in [0.3, 0.4) is 0 Å². The molecule has 0 fully saturated rings. The Balaban J connectivity index is 2.27. The quantitative estimate of drug-likeness (QED) is 0.686. The maximum Gasteiger partial charge on any atom is 0.314 e. The van der Waals surface area contributed by atoms with Crippen LogP contribution in [-0.2, 0) is 0 Å². The molecule has 0 aliphatic rings. The third kappa shape index (κ3) is 7.02. The van der Waals surface area contributed by atoms with E-state index in [1.165, 1.54) is 17.7 Å². The highest BCUT2D eigenvalue weighted by Gasteiger charge is 2.05. The first-order chi connectivity index (χ1) is 10.2. The first-order valence-corrected chi connectivity index (χ1v) is 8.00.